The molecule has 0 bridgehead atoms. The zero-order valence-electron chi connectivity index (χ0n) is 15.0. The van der Waals surface area contributed by atoms with Gasteiger partial charge in [-0.2, -0.15) is 0 Å². The van der Waals surface area contributed by atoms with Crippen LogP contribution < -0.4 is 0 Å². The lowest BCUT2D eigenvalue weighted by atomic mass is 9.43. The minimum absolute atomic E-state index is 0.196. The van der Waals surface area contributed by atoms with Crippen molar-refractivity contribution in [2.75, 3.05) is 0 Å². The predicted octanol–water partition coefficient (Wildman–Crippen LogP) is 2.73. The van der Waals surface area contributed by atoms with E-state index in [1.165, 1.54) is 0 Å². The van der Waals surface area contributed by atoms with Crippen molar-refractivity contribution in [1.29, 1.82) is 0 Å². The Morgan fingerprint density at radius 1 is 0.958 bits per heavy atom. The molecule has 4 aliphatic carbocycles. The van der Waals surface area contributed by atoms with Gasteiger partial charge in [-0.25, -0.2) is 0 Å². The number of aliphatic hydroxyl groups is 3. The second-order valence-electron chi connectivity index (χ2n) is 9.72. The van der Waals surface area contributed by atoms with Crippen LogP contribution in [0, 0.1) is 46.8 Å². The molecule has 4 fully saturated rings. The molecule has 0 aromatic heterocycles. The van der Waals surface area contributed by atoms with Gasteiger partial charge >= 0.3 is 0 Å². The molecule has 0 aromatic rings. The topological polar surface area (TPSA) is 60.7 Å². The van der Waals surface area contributed by atoms with E-state index in [-0.39, 0.29) is 29.0 Å². The molecule has 0 aromatic carbocycles. The fourth-order valence-corrected chi connectivity index (χ4v) is 7.46. The Kier molecular flexibility index (Phi) is 3.67. The standard InChI is InChI=1S/C21H32O3/c1-4-21(24)10-7-16-18-15(6-9-20(16,21)3)19(2)8-5-14(22)11-13(19)12-17(18)23/h1,13-18,22-24H,5-12H2,2-3H3/t13-,14-,15+,16+,17+,18-,19+,20+,21+/m1/s1. The first kappa shape index (κ1) is 16.9. The molecule has 0 saturated heterocycles. The van der Waals surface area contributed by atoms with Crippen LogP contribution in [0.4, 0.5) is 0 Å². The van der Waals surface area contributed by atoms with Crippen molar-refractivity contribution in [2.45, 2.75) is 83.0 Å². The molecule has 24 heavy (non-hydrogen) atoms. The van der Waals surface area contributed by atoms with E-state index in [0.29, 0.717) is 24.2 Å². The molecule has 0 aliphatic heterocycles. The zero-order chi connectivity index (χ0) is 17.3. The number of hydrogen-bond acceptors (Lipinski definition) is 3. The molecule has 9 atom stereocenters. The lowest BCUT2D eigenvalue weighted by Crippen LogP contribution is -2.60. The Morgan fingerprint density at radius 3 is 2.38 bits per heavy atom. The Labute approximate surface area is 145 Å². The highest BCUT2D eigenvalue weighted by molar-refractivity contribution is 5.24. The maximum atomic E-state index is 11.0. The van der Waals surface area contributed by atoms with Crippen LogP contribution in [0.2, 0.25) is 0 Å². The van der Waals surface area contributed by atoms with E-state index in [4.69, 9.17) is 6.42 Å². The zero-order valence-corrected chi connectivity index (χ0v) is 15.0. The Balaban J connectivity index is 1.69. The monoisotopic (exact) mass is 332 g/mol. The van der Waals surface area contributed by atoms with Gasteiger partial charge in [-0.05, 0) is 80.5 Å². The lowest BCUT2D eigenvalue weighted by Gasteiger charge is -2.62. The Bertz CT molecular complexity index is 568. The molecule has 3 heteroatoms. The van der Waals surface area contributed by atoms with Crippen molar-refractivity contribution < 1.29 is 15.3 Å². The summed E-state index contributed by atoms with van der Waals surface area (Å²) in [5, 5.41) is 32.1. The van der Waals surface area contributed by atoms with Crippen LogP contribution in [0.25, 0.3) is 0 Å². The largest absolute Gasteiger partial charge is 0.393 e. The minimum Gasteiger partial charge on any atom is -0.393 e. The van der Waals surface area contributed by atoms with Crippen LogP contribution in [0.3, 0.4) is 0 Å². The minimum atomic E-state index is -1.01. The molecule has 4 rings (SSSR count). The summed E-state index contributed by atoms with van der Waals surface area (Å²) in [5.74, 6) is 4.19. The average Bonchev–Trinajstić information content (AvgIpc) is 2.82. The molecule has 0 heterocycles. The van der Waals surface area contributed by atoms with Crippen molar-refractivity contribution in [3.8, 4) is 12.3 Å². The molecule has 0 unspecified atom stereocenters. The van der Waals surface area contributed by atoms with Gasteiger partial charge in [0.1, 0.15) is 5.60 Å². The summed E-state index contributed by atoms with van der Waals surface area (Å²) in [6.45, 7) is 4.56. The van der Waals surface area contributed by atoms with Crippen molar-refractivity contribution in [2.24, 2.45) is 34.5 Å². The summed E-state index contributed by atoms with van der Waals surface area (Å²) < 4.78 is 0. The first-order valence-corrected chi connectivity index (χ1v) is 9.81. The van der Waals surface area contributed by atoms with Gasteiger partial charge in [0.2, 0.25) is 0 Å². The van der Waals surface area contributed by atoms with Gasteiger partial charge in [0.05, 0.1) is 12.2 Å². The van der Waals surface area contributed by atoms with E-state index in [0.717, 1.165) is 44.9 Å². The fraction of sp³-hybridized carbons (Fsp3) is 0.905. The first-order valence-electron chi connectivity index (χ1n) is 9.81. The van der Waals surface area contributed by atoms with Gasteiger partial charge in [-0.15, -0.1) is 6.42 Å². The Hall–Kier alpha value is -0.560. The molecule has 134 valence electrons. The maximum absolute atomic E-state index is 11.0. The number of aliphatic hydroxyl groups excluding tert-OH is 2. The van der Waals surface area contributed by atoms with Crippen molar-refractivity contribution in [1.82, 2.24) is 0 Å². The summed E-state index contributed by atoms with van der Waals surface area (Å²) in [4.78, 5) is 0. The van der Waals surface area contributed by atoms with Crippen LogP contribution in [0.1, 0.15) is 65.2 Å². The summed E-state index contributed by atoms with van der Waals surface area (Å²) >= 11 is 0. The van der Waals surface area contributed by atoms with E-state index >= 15 is 0 Å². The van der Waals surface area contributed by atoms with Gasteiger partial charge < -0.3 is 15.3 Å². The molecule has 0 spiro atoms. The normalized spacial score (nSPS) is 59.8. The van der Waals surface area contributed by atoms with Crippen molar-refractivity contribution in [3.63, 3.8) is 0 Å². The summed E-state index contributed by atoms with van der Waals surface area (Å²) in [7, 11) is 0. The molecule has 3 nitrogen and oxygen atoms in total. The number of terminal acetylenes is 1. The van der Waals surface area contributed by atoms with Gasteiger partial charge in [0, 0.05) is 5.41 Å². The first-order chi connectivity index (χ1) is 11.2. The highest BCUT2D eigenvalue weighted by Gasteiger charge is 2.66. The number of fused-ring (bicyclic) bond motifs is 5. The lowest BCUT2D eigenvalue weighted by molar-refractivity contribution is -0.183. The second kappa shape index (κ2) is 5.22. The third-order valence-corrected chi connectivity index (χ3v) is 9.05. The molecule has 4 saturated carbocycles. The number of hydrogen-bond donors (Lipinski definition) is 3. The van der Waals surface area contributed by atoms with E-state index in [1.54, 1.807) is 0 Å². The summed E-state index contributed by atoms with van der Waals surface area (Å²) in [6.07, 6.45) is 12.4. The smallest absolute Gasteiger partial charge is 0.130 e. The summed E-state index contributed by atoms with van der Waals surface area (Å²) in [5.41, 5.74) is -1.05. The van der Waals surface area contributed by atoms with Crippen LogP contribution in [-0.2, 0) is 0 Å². The highest BCUT2D eigenvalue weighted by atomic mass is 16.3. The molecule has 0 radical (unpaired) electrons. The average molecular weight is 332 g/mol. The van der Waals surface area contributed by atoms with Crippen LogP contribution in [0.15, 0.2) is 0 Å². The fourth-order valence-electron chi connectivity index (χ4n) is 7.46. The van der Waals surface area contributed by atoms with Crippen LogP contribution in [0.5, 0.6) is 0 Å². The van der Waals surface area contributed by atoms with E-state index < -0.39 is 5.60 Å². The van der Waals surface area contributed by atoms with E-state index in [1.807, 2.05) is 0 Å². The molecule has 0 amide bonds. The van der Waals surface area contributed by atoms with Crippen LogP contribution in [-0.4, -0.2) is 33.1 Å². The third-order valence-electron chi connectivity index (χ3n) is 9.05. The van der Waals surface area contributed by atoms with Crippen molar-refractivity contribution in [3.05, 3.63) is 0 Å². The predicted molar refractivity (Wildman–Crippen MR) is 92.9 cm³/mol. The Morgan fingerprint density at radius 2 is 1.67 bits per heavy atom. The van der Waals surface area contributed by atoms with Crippen molar-refractivity contribution >= 4 is 0 Å². The van der Waals surface area contributed by atoms with Crippen LogP contribution >= 0.6 is 0 Å². The van der Waals surface area contributed by atoms with Gasteiger partial charge in [-0.3, -0.25) is 0 Å². The summed E-state index contributed by atoms with van der Waals surface area (Å²) in [6, 6.07) is 0. The van der Waals surface area contributed by atoms with E-state index in [2.05, 4.69) is 19.8 Å². The van der Waals surface area contributed by atoms with Gasteiger partial charge in [0.15, 0.2) is 0 Å². The highest BCUT2D eigenvalue weighted by Crippen LogP contribution is 2.68. The van der Waals surface area contributed by atoms with E-state index in [9.17, 15) is 15.3 Å². The molecular weight excluding hydrogens is 300 g/mol. The number of rotatable bonds is 0. The molecule has 4 aliphatic rings. The molecule has 3 N–H and O–H groups in total. The molecular formula is C21H32O3. The quantitative estimate of drug-likeness (QED) is 0.598. The van der Waals surface area contributed by atoms with Gasteiger partial charge in [0.25, 0.3) is 0 Å². The maximum Gasteiger partial charge on any atom is 0.130 e. The third kappa shape index (κ3) is 1.97. The SMILES string of the molecule is C#C[C@]1(O)CC[C@H]2[C@@H]3[C@@H](O)C[C@H]4C[C@H](O)CC[C@]4(C)[C@H]3CC[C@@]21C. The van der Waals surface area contributed by atoms with Gasteiger partial charge in [-0.1, -0.05) is 19.8 Å². The second-order valence-corrected chi connectivity index (χ2v) is 9.72.